The number of rotatable bonds is 5. The van der Waals surface area contributed by atoms with Crippen LogP contribution in [0.3, 0.4) is 0 Å². The highest BCUT2D eigenvalue weighted by Crippen LogP contribution is 2.14. The lowest BCUT2D eigenvalue weighted by molar-refractivity contribution is 0.340. The molecule has 1 N–H and O–H groups in total. The number of nitrogens with zero attached hydrogens (tertiary/aromatic N) is 1. The molecule has 2 rings (SSSR count). The van der Waals surface area contributed by atoms with E-state index in [1.165, 1.54) is 11.1 Å². The van der Waals surface area contributed by atoms with Gasteiger partial charge in [0.15, 0.2) is 0 Å². The van der Waals surface area contributed by atoms with Gasteiger partial charge in [0.2, 0.25) is 0 Å². The van der Waals surface area contributed by atoms with E-state index < -0.39 is 0 Å². The normalized spacial score (nSPS) is 10.8. The van der Waals surface area contributed by atoms with Gasteiger partial charge in [0, 0.05) is 0 Å². The van der Waals surface area contributed by atoms with E-state index in [9.17, 15) is 0 Å². The Morgan fingerprint density at radius 1 is 1.05 bits per heavy atom. The molecule has 20 heavy (non-hydrogen) atoms. The lowest BCUT2D eigenvalue weighted by Crippen LogP contribution is -1.93. The van der Waals surface area contributed by atoms with Crippen LogP contribution in [0, 0.1) is 13.8 Å². The van der Waals surface area contributed by atoms with Crippen LogP contribution in [0.5, 0.6) is 5.75 Å². The van der Waals surface area contributed by atoms with Crippen LogP contribution in [-0.4, -0.2) is 12.8 Å². The second-order valence-corrected chi connectivity index (χ2v) is 4.67. The average molecular weight is 268 g/mol. The van der Waals surface area contributed by atoms with Crippen LogP contribution in [0.1, 0.15) is 23.6 Å². The van der Waals surface area contributed by atoms with Crippen molar-refractivity contribution in [3.63, 3.8) is 0 Å². The number of benzene rings is 2. The van der Waals surface area contributed by atoms with Gasteiger partial charge in [-0.25, -0.2) is 0 Å². The van der Waals surface area contributed by atoms with Gasteiger partial charge in [0.05, 0.1) is 18.5 Å². The van der Waals surface area contributed by atoms with E-state index in [0.717, 1.165) is 17.0 Å². The average Bonchev–Trinajstić information content (AvgIpc) is 2.45. The molecule has 0 saturated carbocycles. The van der Waals surface area contributed by atoms with Crippen molar-refractivity contribution in [1.82, 2.24) is 0 Å². The molecule has 2 aromatic carbocycles. The summed E-state index contributed by atoms with van der Waals surface area (Å²) >= 11 is 0. The number of nitrogens with one attached hydrogen (secondary N) is 1. The van der Waals surface area contributed by atoms with Crippen molar-refractivity contribution in [1.29, 1.82) is 0 Å². The van der Waals surface area contributed by atoms with Gasteiger partial charge in [-0.05, 0) is 73.9 Å². The van der Waals surface area contributed by atoms with E-state index >= 15 is 0 Å². The first kappa shape index (κ1) is 14.1. The molecule has 0 radical (unpaired) electrons. The number of hydrogen-bond donors (Lipinski definition) is 1. The number of hydrogen-bond acceptors (Lipinski definition) is 3. The van der Waals surface area contributed by atoms with E-state index in [-0.39, 0.29) is 0 Å². The minimum absolute atomic E-state index is 0.682. The van der Waals surface area contributed by atoms with Gasteiger partial charge in [-0.2, -0.15) is 5.10 Å². The van der Waals surface area contributed by atoms with E-state index in [4.69, 9.17) is 4.74 Å². The third-order valence-electron chi connectivity index (χ3n) is 3.11. The van der Waals surface area contributed by atoms with Crippen LogP contribution in [0.15, 0.2) is 47.6 Å². The van der Waals surface area contributed by atoms with Crippen molar-refractivity contribution >= 4 is 11.9 Å². The van der Waals surface area contributed by atoms with E-state index in [2.05, 4.69) is 36.5 Å². The van der Waals surface area contributed by atoms with Crippen molar-refractivity contribution in [2.75, 3.05) is 12.0 Å². The molecule has 0 heterocycles. The van der Waals surface area contributed by atoms with Crippen LogP contribution in [0.2, 0.25) is 0 Å². The van der Waals surface area contributed by atoms with Gasteiger partial charge in [-0.15, -0.1) is 0 Å². The monoisotopic (exact) mass is 268 g/mol. The predicted molar refractivity (Wildman–Crippen MR) is 84.7 cm³/mol. The SMILES string of the molecule is CCOc1ccc(/C=N/Nc2ccc(C)c(C)c2)cc1. The Kier molecular flexibility index (Phi) is 4.77. The Bertz CT molecular complexity index is 588. The van der Waals surface area contributed by atoms with Gasteiger partial charge in [-0.3, -0.25) is 5.43 Å². The molecule has 0 unspecified atom stereocenters. The molecule has 0 aromatic heterocycles. The lowest BCUT2D eigenvalue weighted by Gasteiger charge is -2.04. The zero-order chi connectivity index (χ0) is 14.4. The molecule has 3 nitrogen and oxygen atoms in total. The summed E-state index contributed by atoms with van der Waals surface area (Å²) in [4.78, 5) is 0. The maximum absolute atomic E-state index is 5.40. The van der Waals surface area contributed by atoms with Crippen molar-refractivity contribution in [2.45, 2.75) is 20.8 Å². The van der Waals surface area contributed by atoms with Crippen LogP contribution in [0.25, 0.3) is 0 Å². The molecule has 0 bridgehead atoms. The zero-order valence-corrected chi connectivity index (χ0v) is 12.2. The van der Waals surface area contributed by atoms with E-state index in [1.807, 2.05) is 37.3 Å². The number of ether oxygens (including phenoxy) is 1. The molecular formula is C17H20N2O. The van der Waals surface area contributed by atoms with Crippen LogP contribution in [-0.2, 0) is 0 Å². The Morgan fingerprint density at radius 2 is 1.80 bits per heavy atom. The first-order valence-electron chi connectivity index (χ1n) is 6.78. The fourth-order valence-electron chi connectivity index (χ4n) is 1.81. The summed E-state index contributed by atoms with van der Waals surface area (Å²) in [7, 11) is 0. The van der Waals surface area contributed by atoms with Gasteiger partial charge in [0.1, 0.15) is 5.75 Å². The maximum Gasteiger partial charge on any atom is 0.119 e. The van der Waals surface area contributed by atoms with Crippen molar-refractivity contribution < 1.29 is 4.74 Å². The van der Waals surface area contributed by atoms with Crippen LogP contribution in [0.4, 0.5) is 5.69 Å². The summed E-state index contributed by atoms with van der Waals surface area (Å²) in [6.45, 7) is 6.85. The number of aryl methyl sites for hydroxylation is 2. The fraction of sp³-hybridized carbons (Fsp3) is 0.235. The fourth-order valence-corrected chi connectivity index (χ4v) is 1.81. The van der Waals surface area contributed by atoms with Crippen LogP contribution >= 0.6 is 0 Å². The third-order valence-corrected chi connectivity index (χ3v) is 3.11. The molecule has 0 spiro atoms. The smallest absolute Gasteiger partial charge is 0.119 e. The highest BCUT2D eigenvalue weighted by molar-refractivity contribution is 5.80. The number of anilines is 1. The Balaban J connectivity index is 1.97. The summed E-state index contributed by atoms with van der Waals surface area (Å²) in [6.07, 6.45) is 1.80. The highest BCUT2D eigenvalue weighted by Gasteiger charge is 1.95. The quantitative estimate of drug-likeness (QED) is 0.653. The van der Waals surface area contributed by atoms with Gasteiger partial charge in [-0.1, -0.05) is 6.07 Å². The zero-order valence-electron chi connectivity index (χ0n) is 12.2. The molecular weight excluding hydrogens is 248 g/mol. The molecule has 0 aliphatic rings. The Morgan fingerprint density at radius 3 is 2.45 bits per heavy atom. The van der Waals surface area contributed by atoms with Crippen LogP contribution < -0.4 is 10.2 Å². The molecule has 0 amide bonds. The molecule has 3 heteroatoms. The topological polar surface area (TPSA) is 33.6 Å². The van der Waals surface area contributed by atoms with Gasteiger partial charge < -0.3 is 4.74 Å². The first-order chi connectivity index (χ1) is 9.69. The minimum atomic E-state index is 0.682. The van der Waals surface area contributed by atoms with Gasteiger partial charge in [0.25, 0.3) is 0 Å². The van der Waals surface area contributed by atoms with Crippen molar-refractivity contribution in [3.05, 3.63) is 59.2 Å². The molecule has 0 fully saturated rings. The van der Waals surface area contributed by atoms with E-state index in [0.29, 0.717) is 6.61 Å². The highest BCUT2D eigenvalue weighted by atomic mass is 16.5. The Labute approximate surface area is 120 Å². The van der Waals surface area contributed by atoms with Gasteiger partial charge >= 0.3 is 0 Å². The largest absolute Gasteiger partial charge is 0.494 e. The second kappa shape index (κ2) is 6.75. The molecule has 2 aromatic rings. The molecule has 0 atom stereocenters. The maximum atomic E-state index is 5.40. The summed E-state index contributed by atoms with van der Waals surface area (Å²) in [6, 6.07) is 14.1. The summed E-state index contributed by atoms with van der Waals surface area (Å²) in [5, 5.41) is 4.24. The predicted octanol–water partition coefficient (Wildman–Crippen LogP) is 4.15. The standard InChI is InChI=1S/C17H20N2O/c1-4-20-17-9-6-15(7-10-17)12-18-19-16-8-5-13(2)14(3)11-16/h5-12,19H,4H2,1-3H3/b18-12+. The molecule has 104 valence electrons. The number of hydrazone groups is 1. The summed E-state index contributed by atoms with van der Waals surface area (Å²) < 4.78 is 5.40. The molecule has 0 aliphatic carbocycles. The molecule has 0 saturated heterocycles. The van der Waals surface area contributed by atoms with Crippen molar-refractivity contribution in [2.24, 2.45) is 5.10 Å². The first-order valence-corrected chi connectivity index (χ1v) is 6.78. The minimum Gasteiger partial charge on any atom is -0.494 e. The van der Waals surface area contributed by atoms with E-state index in [1.54, 1.807) is 6.21 Å². The third kappa shape index (κ3) is 3.85. The Hall–Kier alpha value is -2.29. The second-order valence-electron chi connectivity index (χ2n) is 4.67. The molecule has 0 aliphatic heterocycles. The summed E-state index contributed by atoms with van der Waals surface area (Å²) in [5.41, 5.74) is 7.61. The van der Waals surface area contributed by atoms with Crippen molar-refractivity contribution in [3.8, 4) is 5.75 Å². The lowest BCUT2D eigenvalue weighted by atomic mass is 10.1. The summed E-state index contributed by atoms with van der Waals surface area (Å²) in [5.74, 6) is 0.881.